The van der Waals surface area contributed by atoms with E-state index < -0.39 is 5.97 Å². The number of H-pyrrole nitrogens is 2. The molecule has 8 nitrogen and oxygen atoms in total. The fourth-order valence-corrected chi connectivity index (χ4v) is 3.05. The third-order valence-electron chi connectivity index (χ3n) is 4.39. The molecule has 0 aliphatic heterocycles. The highest BCUT2D eigenvalue weighted by Crippen LogP contribution is 2.32. The molecule has 28 heavy (non-hydrogen) atoms. The summed E-state index contributed by atoms with van der Waals surface area (Å²) in [7, 11) is 0. The smallest absolute Gasteiger partial charge is 0.335 e. The number of nitrogens with zero attached hydrogens (tertiary/aromatic N) is 2. The van der Waals surface area contributed by atoms with Gasteiger partial charge in [-0.2, -0.15) is 0 Å². The predicted molar refractivity (Wildman–Crippen MR) is 107 cm³/mol. The molecule has 2 aromatic carbocycles. The zero-order valence-corrected chi connectivity index (χ0v) is 15.0. The van der Waals surface area contributed by atoms with Crippen LogP contribution in [-0.4, -0.2) is 37.6 Å². The van der Waals surface area contributed by atoms with Crippen LogP contribution in [0.4, 0.5) is 5.69 Å². The first kappa shape index (κ1) is 17.5. The summed E-state index contributed by atoms with van der Waals surface area (Å²) in [6.07, 6.45) is 1.44. The first-order valence-corrected chi connectivity index (χ1v) is 8.72. The number of nitrogens with one attached hydrogen (secondary N) is 3. The Balaban J connectivity index is 1.79. The van der Waals surface area contributed by atoms with Gasteiger partial charge in [0.05, 0.1) is 11.9 Å². The maximum absolute atomic E-state index is 12.2. The van der Waals surface area contributed by atoms with Crippen molar-refractivity contribution in [2.24, 2.45) is 0 Å². The highest BCUT2D eigenvalue weighted by molar-refractivity contribution is 5.89. The molecule has 0 spiro atoms. The molecule has 0 saturated heterocycles. The van der Waals surface area contributed by atoms with Gasteiger partial charge in [-0.25, -0.2) is 14.8 Å². The van der Waals surface area contributed by atoms with Crippen LogP contribution in [0.25, 0.3) is 33.7 Å². The number of rotatable bonds is 5. The van der Waals surface area contributed by atoms with Crippen LogP contribution in [-0.2, 0) is 0 Å². The summed E-state index contributed by atoms with van der Waals surface area (Å²) >= 11 is 0. The quantitative estimate of drug-likeness (QED) is 0.425. The van der Waals surface area contributed by atoms with Crippen LogP contribution in [0.1, 0.15) is 17.3 Å². The van der Waals surface area contributed by atoms with E-state index in [1.54, 1.807) is 24.3 Å². The fraction of sp³-hybridized carbons (Fsp3) is 0.100. The van der Waals surface area contributed by atoms with Gasteiger partial charge >= 0.3 is 5.97 Å². The molecule has 2 heterocycles. The maximum Gasteiger partial charge on any atom is 0.335 e. The monoisotopic (exact) mass is 375 g/mol. The van der Waals surface area contributed by atoms with Crippen LogP contribution in [0.3, 0.4) is 0 Å². The third kappa shape index (κ3) is 3.11. The van der Waals surface area contributed by atoms with Gasteiger partial charge in [0.1, 0.15) is 5.82 Å². The standard InChI is InChI=1S/C20H17N5O3/c1-2-21-15-9-13(17-24-18-16(19(26)25-17)22-10-23-18)7-8-14(15)11-3-5-12(6-4-11)20(27)28/h3-10,21H,2H2,1H3,(H,27,28)(H2,22,23,24,25,26). The van der Waals surface area contributed by atoms with E-state index in [9.17, 15) is 9.59 Å². The Hall–Kier alpha value is -3.94. The van der Waals surface area contributed by atoms with Crippen molar-refractivity contribution in [3.63, 3.8) is 0 Å². The van der Waals surface area contributed by atoms with Gasteiger partial charge in [0, 0.05) is 23.4 Å². The Kier molecular flexibility index (Phi) is 4.36. The zero-order valence-electron chi connectivity index (χ0n) is 15.0. The number of fused-ring (bicyclic) bond motifs is 1. The molecule has 0 aliphatic rings. The lowest BCUT2D eigenvalue weighted by Crippen LogP contribution is -2.09. The number of aromatic carboxylic acids is 1. The number of carbonyl (C=O) groups is 1. The van der Waals surface area contributed by atoms with Gasteiger partial charge in [-0.1, -0.05) is 24.3 Å². The summed E-state index contributed by atoms with van der Waals surface area (Å²) in [5.41, 5.74) is 4.04. The van der Waals surface area contributed by atoms with Crippen LogP contribution in [0.2, 0.25) is 0 Å². The lowest BCUT2D eigenvalue weighted by Gasteiger charge is -2.13. The number of hydrogen-bond donors (Lipinski definition) is 4. The predicted octanol–water partition coefficient (Wildman–Crippen LogP) is 3.11. The topological polar surface area (TPSA) is 124 Å². The SMILES string of the molecule is CCNc1cc(-c2nc3[nH]cnc3c(=O)[nH]2)ccc1-c1ccc(C(=O)O)cc1. The lowest BCUT2D eigenvalue weighted by atomic mass is 10.00. The minimum atomic E-state index is -0.960. The van der Waals surface area contributed by atoms with Gasteiger partial charge in [-0.3, -0.25) is 4.79 Å². The molecule has 140 valence electrons. The van der Waals surface area contributed by atoms with E-state index in [1.807, 2.05) is 25.1 Å². The first-order chi connectivity index (χ1) is 13.6. The van der Waals surface area contributed by atoms with Gasteiger partial charge in [0.25, 0.3) is 5.56 Å². The molecule has 4 N–H and O–H groups in total. The van der Waals surface area contributed by atoms with Crippen LogP contribution in [0, 0.1) is 0 Å². The van der Waals surface area contributed by atoms with Crippen LogP contribution in [0.15, 0.2) is 53.6 Å². The van der Waals surface area contributed by atoms with Crippen molar-refractivity contribution in [2.45, 2.75) is 6.92 Å². The second-order valence-electron chi connectivity index (χ2n) is 6.19. The minimum absolute atomic E-state index is 0.236. The van der Waals surface area contributed by atoms with E-state index in [2.05, 4.69) is 25.3 Å². The summed E-state index contributed by atoms with van der Waals surface area (Å²) in [5, 5.41) is 12.4. The first-order valence-electron chi connectivity index (χ1n) is 8.72. The van der Waals surface area contributed by atoms with Crippen molar-refractivity contribution in [2.75, 3.05) is 11.9 Å². The van der Waals surface area contributed by atoms with E-state index in [1.165, 1.54) is 6.33 Å². The van der Waals surface area contributed by atoms with Crippen molar-refractivity contribution in [3.8, 4) is 22.5 Å². The average molecular weight is 375 g/mol. The average Bonchev–Trinajstić information content (AvgIpc) is 3.18. The molecule has 4 rings (SSSR count). The number of aromatic amines is 2. The number of benzene rings is 2. The molecule has 0 unspecified atom stereocenters. The van der Waals surface area contributed by atoms with Crippen LogP contribution < -0.4 is 10.9 Å². The van der Waals surface area contributed by atoms with Gasteiger partial charge in [0.15, 0.2) is 11.2 Å². The number of anilines is 1. The molecule has 2 aromatic heterocycles. The number of carboxylic acids is 1. The van der Waals surface area contributed by atoms with Crippen molar-refractivity contribution in [3.05, 3.63) is 64.7 Å². The largest absolute Gasteiger partial charge is 0.478 e. The number of imidazole rings is 1. The Morgan fingerprint density at radius 1 is 1.14 bits per heavy atom. The van der Waals surface area contributed by atoms with E-state index >= 15 is 0 Å². The van der Waals surface area contributed by atoms with Gasteiger partial charge in [0.2, 0.25) is 0 Å². The minimum Gasteiger partial charge on any atom is -0.478 e. The summed E-state index contributed by atoms with van der Waals surface area (Å²) < 4.78 is 0. The molecule has 0 fully saturated rings. The third-order valence-corrected chi connectivity index (χ3v) is 4.39. The molecule has 0 saturated carbocycles. The highest BCUT2D eigenvalue weighted by atomic mass is 16.4. The molecular formula is C20H17N5O3. The molecule has 0 atom stereocenters. The number of hydrogen-bond acceptors (Lipinski definition) is 5. The van der Waals surface area contributed by atoms with Crippen molar-refractivity contribution in [1.82, 2.24) is 19.9 Å². The number of aromatic nitrogens is 4. The molecule has 8 heteroatoms. The van der Waals surface area contributed by atoms with Crippen LogP contribution >= 0.6 is 0 Å². The molecule has 0 aliphatic carbocycles. The Labute approximate surface area is 159 Å². The van der Waals surface area contributed by atoms with Gasteiger partial charge < -0.3 is 20.4 Å². The Morgan fingerprint density at radius 3 is 2.61 bits per heavy atom. The van der Waals surface area contributed by atoms with Gasteiger partial charge in [-0.15, -0.1) is 0 Å². The Bertz CT molecular complexity index is 1220. The number of carboxylic acid groups (broad SMARTS) is 1. The summed E-state index contributed by atoms with van der Waals surface area (Å²) in [6.45, 7) is 2.69. The van der Waals surface area contributed by atoms with Crippen LogP contribution in [0.5, 0.6) is 0 Å². The van der Waals surface area contributed by atoms with Gasteiger partial charge in [-0.05, 0) is 30.7 Å². The maximum atomic E-state index is 12.2. The van der Waals surface area contributed by atoms with E-state index in [4.69, 9.17) is 5.11 Å². The van der Waals surface area contributed by atoms with E-state index in [0.717, 1.165) is 22.4 Å². The molecular weight excluding hydrogens is 358 g/mol. The van der Waals surface area contributed by atoms with Crippen molar-refractivity contribution in [1.29, 1.82) is 0 Å². The second kappa shape index (κ2) is 6.99. The van der Waals surface area contributed by atoms with Crippen molar-refractivity contribution < 1.29 is 9.90 Å². The molecule has 0 bridgehead atoms. The zero-order chi connectivity index (χ0) is 19.7. The molecule has 4 aromatic rings. The second-order valence-corrected chi connectivity index (χ2v) is 6.19. The Morgan fingerprint density at radius 2 is 1.89 bits per heavy atom. The highest BCUT2D eigenvalue weighted by Gasteiger charge is 2.12. The lowest BCUT2D eigenvalue weighted by molar-refractivity contribution is 0.0697. The molecule has 0 amide bonds. The normalized spacial score (nSPS) is 10.9. The van der Waals surface area contributed by atoms with Crippen molar-refractivity contribution >= 4 is 22.8 Å². The molecule has 0 radical (unpaired) electrons. The summed E-state index contributed by atoms with van der Waals surface area (Å²) in [5.74, 6) is -0.522. The van der Waals surface area contributed by atoms with E-state index in [0.29, 0.717) is 18.0 Å². The fourth-order valence-electron chi connectivity index (χ4n) is 3.05. The van der Waals surface area contributed by atoms with E-state index in [-0.39, 0.29) is 16.6 Å². The summed E-state index contributed by atoms with van der Waals surface area (Å²) in [4.78, 5) is 37.3. The summed E-state index contributed by atoms with van der Waals surface area (Å²) in [6, 6.07) is 12.4.